The molecule has 1 aromatic carbocycles. The predicted molar refractivity (Wildman–Crippen MR) is 46.3 cm³/mol. The monoisotopic (exact) mass is 237 g/mol. The Kier molecular flexibility index (Phi) is 3.21. The molecule has 8 heteroatoms. The van der Waals surface area contributed by atoms with Crippen LogP contribution in [0.25, 0.3) is 0 Å². The number of alkyl halides is 3. The first kappa shape index (κ1) is 12.1. The highest BCUT2D eigenvalue weighted by Gasteiger charge is 2.36. The second-order valence-electron chi connectivity index (χ2n) is 2.61. The van der Waals surface area contributed by atoms with E-state index in [4.69, 9.17) is 0 Å². The van der Waals surface area contributed by atoms with E-state index < -0.39 is 22.7 Å². The van der Waals surface area contributed by atoms with E-state index >= 15 is 0 Å². The molecule has 0 saturated heterocycles. The van der Waals surface area contributed by atoms with E-state index in [0.717, 1.165) is 19.2 Å². The number of rotatable bonds is 3. The Morgan fingerprint density at radius 3 is 2.44 bits per heavy atom. The van der Waals surface area contributed by atoms with Crippen molar-refractivity contribution < 1.29 is 27.6 Å². The highest BCUT2D eigenvalue weighted by Crippen LogP contribution is 2.39. The molecular formula is C8H6F3NO4. The van der Waals surface area contributed by atoms with E-state index in [2.05, 4.69) is 9.47 Å². The van der Waals surface area contributed by atoms with Crippen molar-refractivity contribution in [2.24, 2.45) is 0 Å². The van der Waals surface area contributed by atoms with Gasteiger partial charge in [0, 0.05) is 6.07 Å². The standard InChI is InChI=1S/C8H6F3NO4/c1-15-6-4-2-3-5(12(13)14)7(6)16-8(9,10)11/h2-4H,1H3. The minimum absolute atomic E-state index is 0.355. The van der Waals surface area contributed by atoms with Crippen molar-refractivity contribution in [3.8, 4) is 11.5 Å². The molecule has 88 valence electrons. The number of hydrogen-bond donors (Lipinski definition) is 0. The van der Waals surface area contributed by atoms with Crippen molar-refractivity contribution in [2.45, 2.75) is 6.36 Å². The second-order valence-corrected chi connectivity index (χ2v) is 2.61. The van der Waals surface area contributed by atoms with Gasteiger partial charge in [-0.05, 0) is 6.07 Å². The molecule has 0 N–H and O–H groups in total. The van der Waals surface area contributed by atoms with Gasteiger partial charge in [-0.2, -0.15) is 0 Å². The lowest BCUT2D eigenvalue weighted by Gasteiger charge is -2.11. The van der Waals surface area contributed by atoms with Crippen molar-refractivity contribution in [1.82, 2.24) is 0 Å². The zero-order chi connectivity index (χ0) is 12.3. The van der Waals surface area contributed by atoms with Crippen LogP contribution in [-0.4, -0.2) is 18.4 Å². The first-order valence-electron chi connectivity index (χ1n) is 3.92. The molecule has 0 bridgehead atoms. The Balaban J connectivity index is 3.25. The molecule has 0 aliphatic carbocycles. The third kappa shape index (κ3) is 2.75. The topological polar surface area (TPSA) is 61.6 Å². The molecule has 0 heterocycles. The van der Waals surface area contributed by atoms with Crippen molar-refractivity contribution in [1.29, 1.82) is 0 Å². The summed E-state index contributed by atoms with van der Waals surface area (Å²) >= 11 is 0. The summed E-state index contributed by atoms with van der Waals surface area (Å²) in [5.74, 6) is -1.31. The molecule has 0 unspecified atom stereocenters. The number of hydrogen-bond acceptors (Lipinski definition) is 4. The molecule has 0 aromatic heterocycles. The molecule has 1 rings (SSSR count). The van der Waals surface area contributed by atoms with E-state index in [1.165, 1.54) is 6.07 Å². The smallest absolute Gasteiger partial charge is 0.493 e. The SMILES string of the molecule is COc1cccc([N+](=O)[O-])c1OC(F)(F)F. The first-order chi connectivity index (χ1) is 7.35. The number of para-hydroxylation sites is 1. The van der Waals surface area contributed by atoms with E-state index in [-0.39, 0.29) is 5.75 Å². The highest BCUT2D eigenvalue weighted by molar-refractivity contribution is 5.55. The van der Waals surface area contributed by atoms with Crippen LogP contribution in [0.1, 0.15) is 0 Å². The zero-order valence-corrected chi connectivity index (χ0v) is 7.95. The fraction of sp³-hybridized carbons (Fsp3) is 0.250. The Labute approximate surface area is 87.5 Å². The lowest BCUT2D eigenvalue weighted by atomic mass is 10.3. The molecule has 1 aromatic rings. The fourth-order valence-electron chi connectivity index (χ4n) is 1.03. The van der Waals surface area contributed by atoms with Gasteiger partial charge < -0.3 is 9.47 Å². The van der Waals surface area contributed by atoms with Gasteiger partial charge in [0.05, 0.1) is 12.0 Å². The highest BCUT2D eigenvalue weighted by atomic mass is 19.4. The summed E-state index contributed by atoms with van der Waals surface area (Å²) < 4.78 is 44.1. The van der Waals surface area contributed by atoms with Crippen LogP contribution in [0.4, 0.5) is 18.9 Å². The minimum Gasteiger partial charge on any atom is -0.493 e. The van der Waals surface area contributed by atoms with Crippen LogP contribution in [0, 0.1) is 10.1 Å². The maximum atomic E-state index is 12.0. The van der Waals surface area contributed by atoms with Gasteiger partial charge in [0.2, 0.25) is 5.75 Å². The van der Waals surface area contributed by atoms with Gasteiger partial charge in [-0.1, -0.05) is 6.07 Å². The molecule has 0 amide bonds. The van der Waals surface area contributed by atoms with E-state index in [0.29, 0.717) is 0 Å². The Morgan fingerprint density at radius 2 is 2.00 bits per heavy atom. The molecular weight excluding hydrogens is 231 g/mol. The van der Waals surface area contributed by atoms with Crippen molar-refractivity contribution in [3.63, 3.8) is 0 Å². The van der Waals surface area contributed by atoms with Gasteiger partial charge in [0.1, 0.15) is 0 Å². The fourth-order valence-corrected chi connectivity index (χ4v) is 1.03. The third-order valence-electron chi connectivity index (χ3n) is 1.59. The third-order valence-corrected chi connectivity index (χ3v) is 1.59. The molecule has 16 heavy (non-hydrogen) atoms. The lowest BCUT2D eigenvalue weighted by molar-refractivity contribution is -0.388. The summed E-state index contributed by atoms with van der Waals surface area (Å²) in [7, 11) is 1.09. The van der Waals surface area contributed by atoms with Crippen LogP contribution in [0.3, 0.4) is 0 Å². The molecule has 0 spiro atoms. The maximum absolute atomic E-state index is 12.0. The molecule has 0 atom stereocenters. The Bertz CT molecular complexity index is 405. The normalized spacial score (nSPS) is 11.0. The van der Waals surface area contributed by atoms with Gasteiger partial charge in [0.25, 0.3) is 0 Å². The number of nitro benzene ring substituents is 1. The number of nitrogens with zero attached hydrogens (tertiary/aromatic N) is 1. The number of benzene rings is 1. The minimum atomic E-state index is -5.01. The number of nitro groups is 1. The number of halogens is 3. The van der Waals surface area contributed by atoms with Crippen molar-refractivity contribution in [3.05, 3.63) is 28.3 Å². The summed E-state index contributed by atoms with van der Waals surface area (Å²) in [4.78, 5) is 9.50. The average molecular weight is 237 g/mol. The van der Waals surface area contributed by atoms with E-state index in [1.54, 1.807) is 0 Å². The average Bonchev–Trinajstić information content (AvgIpc) is 2.15. The Morgan fingerprint density at radius 1 is 1.38 bits per heavy atom. The van der Waals surface area contributed by atoms with E-state index in [1.807, 2.05) is 0 Å². The van der Waals surface area contributed by atoms with Crippen LogP contribution in [0.15, 0.2) is 18.2 Å². The van der Waals surface area contributed by atoms with Crippen LogP contribution >= 0.6 is 0 Å². The van der Waals surface area contributed by atoms with E-state index in [9.17, 15) is 23.3 Å². The Hall–Kier alpha value is -1.99. The quantitative estimate of drug-likeness (QED) is 0.598. The largest absolute Gasteiger partial charge is 0.573 e. The van der Waals surface area contributed by atoms with Gasteiger partial charge in [-0.25, -0.2) is 0 Å². The second kappa shape index (κ2) is 4.25. The van der Waals surface area contributed by atoms with Gasteiger partial charge in [0.15, 0.2) is 5.75 Å². The molecule has 0 aliphatic heterocycles. The molecule has 0 saturated carbocycles. The molecule has 0 aliphatic rings. The first-order valence-corrected chi connectivity index (χ1v) is 3.92. The number of methoxy groups -OCH3 is 1. The number of ether oxygens (including phenoxy) is 2. The van der Waals surface area contributed by atoms with Gasteiger partial charge in [-0.3, -0.25) is 10.1 Å². The van der Waals surface area contributed by atoms with Crippen LogP contribution in [0.5, 0.6) is 11.5 Å². The summed E-state index contributed by atoms with van der Waals surface area (Å²) in [5, 5.41) is 10.5. The zero-order valence-electron chi connectivity index (χ0n) is 7.95. The summed E-state index contributed by atoms with van der Waals surface area (Å²) in [5.41, 5.74) is -0.809. The van der Waals surface area contributed by atoms with Gasteiger partial charge >= 0.3 is 12.0 Å². The lowest BCUT2D eigenvalue weighted by Crippen LogP contribution is -2.18. The molecule has 0 radical (unpaired) electrons. The predicted octanol–water partition coefficient (Wildman–Crippen LogP) is 2.50. The summed E-state index contributed by atoms with van der Waals surface area (Å²) in [6.07, 6.45) is -5.01. The van der Waals surface area contributed by atoms with Crippen LogP contribution in [0.2, 0.25) is 0 Å². The molecule has 0 fully saturated rings. The summed E-state index contributed by atoms with van der Waals surface area (Å²) in [6, 6.07) is 3.22. The molecule has 5 nitrogen and oxygen atoms in total. The van der Waals surface area contributed by atoms with Crippen LogP contribution < -0.4 is 9.47 Å². The summed E-state index contributed by atoms with van der Waals surface area (Å²) in [6.45, 7) is 0. The van der Waals surface area contributed by atoms with Gasteiger partial charge in [-0.15, -0.1) is 13.2 Å². The van der Waals surface area contributed by atoms with Crippen LogP contribution in [-0.2, 0) is 0 Å². The van der Waals surface area contributed by atoms with Crippen molar-refractivity contribution >= 4 is 5.69 Å². The van der Waals surface area contributed by atoms with Crippen molar-refractivity contribution in [2.75, 3.05) is 7.11 Å². The maximum Gasteiger partial charge on any atom is 0.573 e.